The summed E-state index contributed by atoms with van der Waals surface area (Å²) < 4.78 is 26.4. The lowest BCUT2D eigenvalue weighted by Gasteiger charge is -2.29. The summed E-state index contributed by atoms with van der Waals surface area (Å²) in [5, 5.41) is 2.79. The predicted octanol–water partition coefficient (Wildman–Crippen LogP) is 3.45. The van der Waals surface area contributed by atoms with Gasteiger partial charge in [-0.05, 0) is 63.3 Å². The predicted molar refractivity (Wildman–Crippen MR) is 137 cm³/mol. The first kappa shape index (κ1) is 27.4. The lowest BCUT2D eigenvalue weighted by Crippen LogP contribution is -2.48. The van der Waals surface area contributed by atoms with Gasteiger partial charge in [-0.2, -0.15) is 0 Å². The molecule has 1 N–H and O–H groups in total. The zero-order valence-corrected chi connectivity index (χ0v) is 21.7. The molecule has 0 radical (unpaired) electrons. The van der Waals surface area contributed by atoms with Crippen LogP contribution in [0.3, 0.4) is 0 Å². The fourth-order valence-corrected chi connectivity index (χ4v) is 4.90. The van der Waals surface area contributed by atoms with Crippen LogP contribution in [0, 0.1) is 13.8 Å². The van der Waals surface area contributed by atoms with Crippen molar-refractivity contribution in [3.8, 4) is 0 Å². The van der Waals surface area contributed by atoms with Crippen molar-refractivity contribution in [1.82, 2.24) is 10.2 Å². The lowest BCUT2D eigenvalue weighted by molar-refractivity contribution is -0.139. The SMILES string of the molecule is CCNC(=O)[C@@H](C)N(CCc1ccccc1)C(=O)CCCN(c1cccc(C)c1C)S(C)(=O)=O. The molecule has 2 aromatic rings. The second-order valence-electron chi connectivity index (χ2n) is 8.55. The molecule has 0 saturated heterocycles. The summed E-state index contributed by atoms with van der Waals surface area (Å²) in [5.41, 5.74) is 3.62. The van der Waals surface area contributed by atoms with Crippen LogP contribution in [-0.2, 0) is 26.0 Å². The van der Waals surface area contributed by atoms with Crippen molar-refractivity contribution < 1.29 is 18.0 Å². The van der Waals surface area contributed by atoms with E-state index in [0.29, 0.717) is 31.6 Å². The van der Waals surface area contributed by atoms with Gasteiger partial charge in [0.1, 0.15) is 6.04 Å². The van der Waals surface area contributed by atoms with Gasteiger partial charge in [-0.15, -0.1) is 0 Å². The van der Waals surface area contributed by atoms with Gasteiger partial charge >= 0.3 is 0 Å². The van der Waals surface area contributed by atoms with E-state index in [4.69, 9.17) is 0 Å². The maximum atomic E-state index is 13.2. The molecule has 8 heteroatoms. The third kappa shape index (κ3) is 7.58. The number of hydrogen-bond acceptors (Lipinski definition) is 4. The van der Waals surface area contributed by atoms with E-state index in [1.54, 1.807) is 17.9 Å². The molecule has 0 fully saturated rings. The monoisotopic (exact) mass is 487 g/mol. The van der Waals surface area contributed by atoms with E-state index < -0.39 is 16.1 Å². The number of anilines is 1. The van der Waals surface area contributed by atoms with Crippen molar-refractivity contribution in [1.29, 1.82) is 0 Å². The Balaban J connectivity index is 2.13. The van der Waals surface area contributed by atoms with E-state index in [-0.39, 0.29) is 24.8 Å². The number of benzene rings is 2. The number of rotatable bonds is 12. The molecule has 0 unspecified atom stereocenters. The van der Waals surface area contributed by atoms with Gasteiger partial charge in [-0.1, -0.05) is 42.5 Å². The second kappa shape index (κ2) is 12.6. The van der Waals surface area contributed by atoms with Crippen molar-refractivity contribution in [2.24, 2.45) is 0 Å². The van der Waals surface area contributed by atoms with Crippen molar-refractivity contribution in [3.63, 3.8) is 0 Å². The number of amides is 2. The highest BCUT2D eigenvalue weighted by Crippen LogP contribution is 2.25. The molecule has 1 atom stereocenters. The number of likely N-dealkylation sites (N-methyl/N-ethyl adjacent to an activating group) is 1. The third-order valence-corrected chi connectivity index (χ3v) is 7.18. The minimum Gasteiger partial charge on any atom is -0.355 e. The van der Waals surface area contributed by atoms with Crippen molar-refractivity contribution in [3.05, 3.63) is 65.2 Å². The first-order valence-corrected chi connectivity index (χ1v) is 13.6. The normalized spacial score (nSPS) is 12.1. The van der Waals surface area contributed by atoms with Crippen LogP contribution in [0.1, 0.15) is 43.4 Å². The number of hydrogen-bond donors (Lipinski definition) is 1. The van der Waals surface area contributed by atoms with Crippen LogP contribution < -0.4 is 9.62 Å². The summed E-state index contributed by atoms with van der Waals surface area (Å²) in [6.07, 6.45) is 2.31. The summed E-state index contributed by atoms with van der Waals surface area (Å²) in [7, 11) is -3.51. The van der Waals surface area contributed by atoms with Gasteiger partial charge in [0.25, 0.3) is 0 Å². The highest BCUT2D eigenvalue weighted by Gasteiger charge is 2.26. The first-order chi connectivity index (χ1) is 16.1. The van der Waals surface area contributed by atoms with Crippen LogP contribution in [0.25, 0.3) is 0 Å². The van der Waals surface area contributed by atoms with Crippen molar-refractivity contribution in [2.75, 3.05) is 30.2 Å². The highest BCUT2D eigenvalue weighted by atomic mass is 32.2. The zero-order valence-electron chi connectivity index (χ0n) is 20.9. The maximum absolute atomic E-state index is 13.2. The van der Waals surface area contributed by atoms with Gasteiger partial charge in [0, 0.05) is 26.1 Å². The van der Waals surface area contributed by atoms with Crippen LogP contribution in [0.2, 0.25) is 0 Å². The summed E-state index contributed by atoms with van der Waals surface area (Å²) in [4.78, 5) is 27.3. The number of sulfonamides is 1. The largest absolute Gasteiger partial charge is 0.355 e. The van der Waals surface area contributed by atoms with Crippen molar-refractivity contribution in [2.45, 2.75) is 53.0 Å². The van der Waals surface area contributed by atoms with E-state index in [1.165, 1.54) is 10.6 Å². The number of carbonyl (C=O) groups excluding carboxylic acids is 2. The molecule has 0 bridgehead atoms. The molecule has 34 heavy (non-hydrogen) atoms. The van der Waals surface area contributed by atoms with Gasteiger partial charge in [-0.25, -0.2) is 8.42 Å². The molecule has 2 rings (SSSR count). The lowest BCUT2D eigenvalue weighted by atomic mass is 10.1. The molecule has 0 aliphatic carbocycles. The smallest absolute Gasteiger partial charge is 0.242 e. The molecule has 0 aliphatic rings. The van der Waals surface area contributed by atoms with Gasteiger partial charge in [-0.3, -0.25) is 13.9 Å². The van der Waals surface area contributed by atoms with E-state index in [2.05, 4.69) is 5.32 Å². The average molecular weight is 488 g/mol. The minimum absolute atomic E-state index is 0.148. The Morgan fingerprint density at radius 2 is 1.68 bits per heavy atom. The van der Waals surface area contributed by atoms with E-state index in [1.807, 2.05) is 63.2 Å². The topological polar surface area (TPSA) is 86.8 Å². The Hall–Kier alpha value is -2.87. The fraction of sp³-hybridized carbons (Fsp3) is 0.462. The maximum Gasteiger partial charge on any atom is 0.242 e. The number of aryl methyl sites for hydroxylation is 1. The molecular weight excluding hydrogens is 450 g/mol. The molecule has 0 spiro atoms. The Morgan fingerprint density at radius 3 is 2.29 bits per heavy atom. The van der Waals surface area contributed by atoms with Crippen LogP contribution in [0.5, 0.6) is 0 Å². The van der Waals surface area contributed by atoms with E-state index in [0.717, 1.165) is 16.7 Å². The fourth-order valence-electron chi connectivity index (χ4n) is 3.88. The second-order valence-corrected chi connectivity index (χ2v) is 10.5. The standard InChI is InChI=1S/C26H37N3O4S/c1-6-27-26(31)22(4)28(19-17-23-13-8-7-9-14-23)25(30)16-11-18-29(34(5,32)33)24-15-10-12-20(2)21(24)3/h7-10,12-15,22H,6,11,16-19H2,1-5H3,(H,27,31)/t22-/m1/s1. The van der Waals surface area contributed by atoms with E-state index in [9.17, 15) is 18.0 Å². The summed E-state index contributed by atoms with van der Waals surface area (Å²) in [6, 6.07) is 14.8. The van der Waals surface area contributed by atoms with Gasteiger partial charge in [0.05, 0.1) is 11.9 Å². The van der Waals surface area contributed by atoms with Gasteiger partial charge in [0.2, 0.25) is 21.8 Å². The van der Waals surface area contributed by atoms with Crippen LogP contribution in [0.4, 0.5) is 5.69 Å². The Bertz CT molecular complexity index is 1070. The molecule has 0 aliphatic heterocycles. The minimum atomic E-state index is -3.51. The van der Waals surface area contributed by atoms with Gasteiger partial charge in [0.15, 0.2) is 0 Å². The molecule has 2 aromatic carbocycles. The Morgan fingerprint density at radius 1 is 1.00 bits per heavy atom. The number of nitrogens with zero attached hydrogens (tertiary/aromatic N) is 2. The third-order valence-electron chi connectivity index (χ3n) is 6.00. The summed E-state index contributed by atoms with van der Waals surface area (Å²) in [6.45, 7) is 8.50. The number of nitrogens with one attached hydrogen (secondary N) is 1. The van der Waals surface area contributed by atoms with Crippen LogP contribution in [-0.4, -0.2) is 57.1 Å². The summed E-state index contributed by atoms with van der Waals surface area (Å²) in [5.74, 6) is -0.360. The van der Waals surface area contributed by atoms with Crippen LogP contribution in [0.15, 0.2) is 48.5 Å². The number of carbonyl (C=O) groups is 2. The van der Waals surface area contributed by atoms with E-state index >= 15 is 0 Å². The average Bonchev–Trinajstić information content (AvgIpc) is 2.79. The zero-order chi connectivity index (χ0) is 25.3. The molecule has 0 aromatic heterocycles. The summed E-state index contributed by atoms with van der Waals surface area (Å²) >= 11 is 0. The molecule has 0 saturated carbocycles. The molecule has 2 amide bonds. The quantitative estimate of drug-likeness (QED) is 0.497. The molecule has 0 heterocycles. The van der Waals surface area contributed by atoms with Gasteiger partial charge < -0.3 is 10.2 Å². The molecular formula is C26H37N3O4S. The van der Waals surface area contributed by atoms with Crippen molar-refractivity contribution >= 4 is 27.5 Å². The highest BCUT2D eigenvalue weighted by molar-refractivity contribution is 7.92. The Labute approximate surface area is 204 Å². The first-order valence-electron chi connectivity index (χ1n) is 11.7. The van der Waals surface area contributed by atoms with Crippen LogP contribution >= 0.6 is 0 Å². The molecule has 186 valence electrons. The Kier molecular flexibility index (Phi) is 10.1. The molecule has 7 nitrogen and oxygen atoms in total.